The van der Waals surface area contributed by atoms with Crippen LogP contribution in [0, 0.1) is 0 Å². The van der Waals surface area contributed by atoms with Crippen LogP contribution in [-0.2, 0) is 33.2 Å². The van der Waals surface area contributed by atoms with Crippen molar-refractivity contribution in [3.05, 3.63) is 24.3 Å². The summed E-state index contributed by atoms with van der Waals surface area (Å²) in [5.41, 5.74) is 0. The molecular weight excluding hydrogens is 1030 g/mol. The van der Waals surface area contributed by atoms with E-state index in [2.05, 4.69) is 24.4 Å². The Kier molecular flexibility index (Phi) is 40.5. The number of hydrogen-bond donors (Lipinski definition) is 12. The van der Waals surface area contributed by atoms with Crippen molar-refractivity contribution in [1.82, 2.24) is 5.32 Å². The van der Waals surface area contributed by atoms with Gasteiger partial charge in [0.2, 0.25) is 5.91 Å². The van der Waals surface area contributed by atoms with Gasteiger partial charge in [0.15, 0.2) is 18.9 Å². The predicted molar refractivity (Wildman–Crippen MR) is 305 cm³/mol. The number of carbonyl (C=O) groups excluding carboxylic acids is 1. The van der Waals surface area contributed by atoms with E-state index in [1.165, 1.54) is 161 Å². The lowest BCUT2D eigenvalue weighted by Crippen LogP contribution is -2.66. The van der Waals surface area contributed by atoms with E-state index in [0.29, 0.717) is 12.8 Å². The van der Waals surface area contributed by atoms with Crippen molar-refractivity contribution < 1.29 is 89.4 Å². The third-order valence-corrected chi connectivity index (χ3v) is 16.0. The molecule has 0 aromatic heterocycles. The van der Waals surface area contributed by atoms with Gasteiger partial charge in [-0.25, -0.2) is 0 Å². The highest BCUT2D eigenvalue weighted by atomic mass is 16.8. The highest BCUT2D eigenvalue weighted by Gasteiger charge is 2.53. The van der Waals surface area contributed by atoms with Gasteiger partial charge in [0.25, 0.3) is 0 Å². The van der Waals surface area contributed by atoms with E-state index in [1.807, 2.05) is 13.0 Å². The Bertz CT molecular complexity index is 1560. The molecule has 3 heterocycles. The number of aliphatic hydroxyl groups is 11. The van der Waals surface area contributed by atoms with Crippen LogP contribution in [0.25, 0.3) is 0 Å². The second kappa shape index (κ2) is 44.7. The third kappa shape index (κ3) is 28.0. The van der Waals surface area contributed by atoms with Gasteiger partial charge in [-0.3, -0.25) is 4.79 Å². The first kappa shape index (κ1) is 72.5. The van der Waals surface area contributed by atoms with Crippen molar-refractivity contribution in [3.63, 3.8) is 0 Å². The minimum absolute atomic E-state index is 0.245. The van der Waals surface area contributed by atoms with Crippen LogP contribution in [0.3, 0.4) is 0 Å². The fourth-order valence-corrected chi connectivity index (χ4v) is 10.8. The molecule has 3 aliphatic heterocycles. The Morgan fingerprint density at radius 3 is 1.24 bits per heavy atom. The third-order valence-electron chi connectivity index (χ3n) is 16.0. The zero-order valence-corrected chi connectivity index (χ0v) is 49.1. The highest BCUT2D eigenvalue weighted by molar-refractivity contribution is 5.76. The molecule has 0 bridgehead atoms. The predicted octanol–water partition coefficient (Wildman–Crippen LogP) is 6.32. The van der Waals surface area contributed by atoms with Crippen molar-refractivity contribution in [2.45, 2.75) is 330 Å². The van der Waals surface area contributed by atoms with Crippen LogP contribution in [0.4, 0.5) is 0 Å². The first-order chi connectivity index (χ1) is 38.8. The summed E-state index contributed by atoms with van der Waals surface area (Å²) in [7, 11) is 0. The van der Waals surface area contributed by atoms with Gasteiger partial charge in [-0.1, -0.05) is 205 Å². The van der Waals surface area contributed by atoms with Crippen molar-refractivity contribution in [2.75, 3.05) is 26.4 Å². The van der Waals surface area contributed by atoms with Crippen LogP contribution >= 0.6 is 0 Å². The molecule has 3 fully saturated rings. The number of aliphatic hydroxyl groups excluding tert-OH is 11. The van der Waals surface area contributed by atoms with E-state index in [1.54, 1.807) is 6.08 Å². The normalized spacial score (nSPS) is 30.1. The lowest BCUT2D eigenvalue weighted by molar-refractivity contribution is -0.379. The average molecular weight is 1150 g/mol. The molecule has 3 aliphatic rings. The first-order valence-corrected chi connectivity index (χ1v) is 31.6. The Balaban J connectivity index is 1.28. The molecule has 470 valence electrons. The van der Waals surface area contributed by atoms with E-state index in [4.69, 9.17) is 28.4 Å². The topological polar surface area (TPSA) is 307 Å². The van der Waals surface area contributed by atoms with Gasteiger partial charge in [-0.05, 0) is 38.5 Å². The van der Waals surface area contributed by atoms with Gasteiger partial charge in [0, 0.05) is 6.42 Å². The van der Waals surface area contributed by atoms with Crippen molar-refractivity contribution >= 4 is 5.91 Å². The number of allylic oxidation sites excluding steroid dienone is 3. The summed E-state index contributed by atoms with van der Waals surface area (Å²) in [5.74, 6) is -0.282. The van der Waals surface area contributed by atoms with Crippen LogP contribution in [-0.4, -0.2) is 193 Å². The molecule has 0 radical (unpaired) electrons. The van der Waals surface area contributed by atoms with E-state index in [9.17, 15) is 61.0 Å². The van der Waals surface area contributed by atoms with Crippen LogP contribution in [0.2, 0.25) is 0 Å². The fraction of sp³-hybridized carbons (Fsp3) is 0.918. The van der Waals surface area contributed by atoms with E-state index in [0.717, 1.165) is 32.1 Å². The van der Waals surface area contributed by atoms with Crippen LogP contribution in [0.1, 0.15) is 226 Å². The van der Waals surface area contributed by atoms with Crippen molar-refractivity contribution in [2.24, 2.45) is 0 Å². The number of nitrogens with one attached hydrogen (secondary N) is 1. The quantitative estimate of drug-likeness (QED) is 0.0234. The molecule has 19 heteroatoms. The molecule has 0 spiro atoms. The van der Waals surface area contributed by atoms with Gasteiger partial charge >= 0.3 is 0 Å². The molecule has 0 saturated carbocycles. The average Bonchev–Trinajstić information content (AvgIpc) is 3.55. The number of hydrogen-bond acceptors (Lipinski definition) is 18. The van der Waals surface area contributed by atoms with E-state index < -0.39 is 124 Å². The Morgan fingerprint density at radius 2 is 0.800 bits per heavy atom. The highest BCUT2D eigenvalue weighted by Crippen LogP contribution is 2.33. The summed E-state index contributed by atoms with van der Waals surface area (Å²) in [5, 5.41) is 119. The lowest BCUT2D eigenvalue weighted by Gasteiger charge is -2.48. The van der Waals surface area contributed by atoms with Gasteiger partial charge in [-0.2, -0.15) is 0 Å². The number of rotatable bonds is 47. The second-order valence-electron chi connectivity index (χ2n) is 22.9. The Labute approximate surface area is 479 Å². The molecule has 19 nitrogen and oxygen atoms in total. The minimum Gasteiger partial charge on any atom is -0.394 e. The first-order valence-electron chi connectivity index (χ1n) is 31.6. The van der Waals surface area contributed by atoms with E-state index >= 15 is 0 Å². The SMILES string of the molecule is CCCC/C=C/C(O)C(COC1OC(CO)C(OC2OC(CO)C(OC3OC(CO)C(O)C(O)C3O)C(O)C2O)C(O)C1O)NC(=O)CCCCCCCCCCCCCCCCCCCCC/C=C\CCCCCCCCCC. The minimum atomic E-state index is -1.97. The summed E-state index contributed by atoms with van der Waals surface area (Å²) >= 11 is 0. The number of unbranched alkanes of at least 4 members (excludes halogenated alkanes) is 29. The summed E-state index contributed by atoms with van der Waals surface area (Å²) < 4.78 is 34.0. The van der Waals surface area contributed by atoms with Gasteiger partial charge in [0.05, 0.1) is 38.6 Å². The summed E-state index contributed by atoms with van der Waals surface area (Å²) in [4.78, 5) is 13.2. The molecule has 17 atom stereocenters. The summed E-state index contributed by atoms with van der Waals surface area (Å²) in [6.07, 6.45) is 21.5. The standard InChI is InChI=1S/C61H113NO18/c1-3-5-7-9-10-11-12-13-14-15-16-17-18-19-20-21-22-23-24-25-26-27-28-29-30-31-32-33-34-35-37-39-49(67)62-44(45(66)38-36-8-6-4-2)43-75-59-55(73)52(70)57(47(41-64)77-59)80-61-56(74)53(71)58(48(42-65)78-61)79-60-54(72)51(69)50(68)46(40-63)76-60/h15-16,36,38,44-48,50-61,63-66,68-74H,3-14,17-35,37,39-43H2,1-2H3,(H,62,67)/b16-15-,38-36+. The molecule has 0 aromatic rings. The molecule has 80 heavy (non-hydrogen) atoms. The zero-order chi connectivity index (χ0) is 58.3. The Hall–Kier alpha value is -1.73. The van der Waals surface area contributed by atoms with Crippen molar-refractivity contribution in [1.29, 1.82) is 0 Å². The molecule has 3 saturated heterocycles. The van der Waals surface area contributed by atoms with Gasteiger partial charge in [-0.15, -0.1) is 0 Å². The molecule has 3 rings (SSSR count). The van der Waals surface area contributed by atoms with Gasteiger partial charge in [0.1, 0.15) is 73.2 Å². The molecular formula is C61H113NO18. The number of ether oxygens (including phenoxy) is 6. The summed E-state index contributed by atoms with van der Waals surface area (Å²) in [6, 6.07) is -0.965. The van der Waals surface area contributed by atoms with Crippen LogP contribution in [0.15, 0.2) is 24.3 Å². The largest absolute Gasteiger partial charge is 0.394 e. The molecule has 12 N–H and O–H groups in total. The van der Waals surface area contributed by atoms with E-state index in [-0.39, 0.29) is 18.9 Å². The smallest absolute Gasteiger partial charge is 0.220 e. The second-order valence-corrected chi connectivity index (χ2v) is 22.9. The number of carbonyl (C=O) groups is 1. The number of amides is 1. The van der Waals surface area contributed by atoms with Crippen LogP contribution < -0.4 is 5.32 Å². The monoisotopic (exact) mass is 1150 g/mol. The maximum Gasteiger partial charge on any atom is 0.220 e. The molecule has 0 aliphatic carbocycles. The molecule has 17 unspecified atom stereocenters. The van der Waals surface area contributed by atoms with Gasteiger partial charge < -0.3 is 89.9 Å². The molecule has 0 aromatic carbocycles. The maximum atomic E-state index is 13.2. The van der Waals surface area contributed by atoms with Crippen LogP contribution in [0.5, 0.6) is 0 Å². The summed E-state index contributed by atoms with van der Waals surface area (Å²) in [6.45, 7) is 1.56. The lowest BCUT2D eigenvalue weighted by atomic mass is 9.96. The fourth-order valence-electron chi connectivity index (χ4n) is 10.8. The maximum absolute atomic E-state index is 13.2. The zero-order valence-electron chi connectivity index (χ0n) is 49.1. The molecule has 1 amide bonds. The van der Waals surface area contributed by atoms with Crippen molar-refractivity contribution in [3.8, 4) is 0 Å². The Morgan fingerprint density at radius 1 is 0.438 bits per heavy atom.